The van der Waals surface area contributed by atoms with Gasteiger partial charge in [0.05, 0.1) is 5.92 Å². The molecule has 0 N–H and O–H groups in total. The number of para-hydroxylation sites is 1. The van der Waals surface area contributed by atoms with Crippen molar-refractivity contribution in [1.29, 1.82) is 5.26 Å². The van der Waals surface area contributed by atoms with Crippen LogP contribution >= 0.6 is 0 Å². The SMILES string of the molecule is CC1(C)[C@@H](C=C(C(F)(F)F)C(F)(F)F)[C@@H]1C(=O)OC(C#N)c1cccc(Oc2ccccc2)c1. The van der Waals surface area contributed by atoms with Crippen molar-refractivity contribution in [3.8, 4) is 17.6 Å². The van der Waals surface area contributed by atoms with Gasteiger partial charge in [-0.25, -0.2) is 0 Å². The van der Waals surface area contributed by atoms with Crippen molar-refractivity contribution < 1.29 is 40.6 Å². The van der Waals surface area contributed by atoms with Crippen LogP contribution in [0.2, 0.25) is 0 Å². The van der Waals surface area contributed by atoms with Gasteiger partial charge in [-0.1, -0.05) is 50.3 Å². The first-order chi connectivity index (χ1) is 15.7. The summed E-state index contributed by atoms with van der Waals surface area (Å²) in [4.78, 5) is 12.6. The Labute approximate surface area is 191 Å². The zero-order valence-corrected chi connectivity index (χ0v) is 17.9. The third-order valence-electron chi connectivity index (χ3n) is 5.61. The maximum absolute atomic E-state index is 12.9. The first kappa shape index (κ1) is 25.1. The summed E-state index contributed by atoms with van der Waals surface area (Å²) in [5.41, 5.74) is -3.64. The molecule has 0 heterocycles. The molecule has 0 aliphatic heterocycles. The van der Waals surface area contributed by atoms with Crippen LogP contribution in [0.15, 0.2) is 66.2 Å². The van der Waals surface area contributed by atoms with Gasteiger partial charge in [0.2, 0.25) is 6.10 Å². The fourth-order valence-electron chi connectivity index (χ4n) is 3.69. The Morgan fingerprint density at radius 2 is 1.59 bits per heavy atom. The van der Waals surface area contributed by atoms with Crippen LogP contribution in [0.4, 0.5) is 26.3 Å². The van der Waals surface area contributed by atoms with Gasteiger partial charge in [0, 0.05) is 5.56 Å². The first-order valence-corrected chi connectivity index (χ1v) is 10.0. The van der Waals surface area contributed by atoms with E-state index in [2.05, 4.69) is 0 Å². The van der Waals surface area contributed by atoms with Gasteiger partial charge in [-0.3, -0.25) is 4.79 Å². The Hall–Kier alpha value is -3.48. The molecular weight excluding hydrogens is 464 g/mol. The van der Waals surface area contributed by atoms with E-state index < -0.39 is 47.2 Å². The molecule has 34 heavy (non-hydrogen) atoms. The number of hydrogen-bond donors (Lipinski definition) is 0. The minimum Gasteiger partial charge on any atom is -0.457 e. The third kappa shape index (κ3) is 5.53. The van der Waals surface area contributed by atoms with E-state index >= 15 is 0 Å². The van der Waals surface area contributed by atoms with Crippen molar-refractivity contribution >= 4 is 5.97 Å². The highest BCUT2D eigenvalue weighted by Crippen LogP contribution is 2.61. The maximum atomic E-state index is 12.9. The second kappa shape index (κ2) is 9.05. The monoisotopic (exact) mass is 483 g/mol. The van der Waals surface area contributed by atoms with E-state index in [-0.39, 0.29) is 11.6 Å². The molecule has 0 bridgehead atoms. The number of nitrogens with zero attached hydrogens (tertiary/aromatic N) is 1. The molecule has 3 rings (SSSR count). The summed E-state index contributed by atoms with van der Waals surface area (Å²) in [5.74, 6) is -2.83. The van der Waals surface area contributed by atoms with Gasteiger partial charge < -0.3 is 9.47 Å². The van der Waals surface area contributed by atoms with Crippen LogP contribution in [0.5, 0.6) is 11.5 Å². The van der Waals surface area contributed by atoms with Crippen molar-refractivity contribution in [3.05, 3.63) is 71.8 Å². The number of allylic oxidation sites excluding steroid dienone is 2. The molecule has 3 atom stereocenters. The highest BCUT2D eigenvalue weighted by Gasteiger charge is 2.64. The molecular formula is C24H19F6NO3. The van der Waals surface area contributed by atoms with Gasteiger partial charge in [-0.05, 0) is 35.6 Å². The molecule has 0 radical (unpaired) electrons. The van der Waals surface area contributed by atoms with Crippen LogP contribution in [0, 0.1) is 28.6 Å². The summed E-state index contributed by atoms with van der Waals surface area (Å²) in [7, 11) is 0. The van der Waals surface area contributed by atoms with Gasteiger partial charge in [0.15, 0.2) is 0 Å². The van der Waals surface area contributed by atoms with Crippen LogP contribution < -0.4 is 4.74 Å². The average Bonchev–Trinajstić information content (AvgIpc) is 3.29. The van der Waals surface area contributed by atoms with Gasteiger partial charge in [-0.2, -0.15) is 31.6 Å². The van der Waals surface area contributed by atoms with E-state index in [1.54, 1.807) is 48.5 Å². The van der Waals surface area contributed by atoms with E-state index in [0.29, 0.717) is 11.5 Å². The summed E-state index contributed by atoms with van der Waals surface area (Å²) in [6.45, 7) is 2.72. The Morgan fingerprint density at radius 3 is 2.15 bits per heavy atom. The molecule has 180 valence electrons. The predicted molar refractivity (Wildman–Crippen MR) is 108 cm³/mol. The number of rotatable bonds is 6. The quantitative estimate of drug-likeness (QED) is 0.255. The number of carbonyl (C=O) groups is 1. The molecule has 4 nitrogen and oxygen atoms in total. The van der Waals surface area contributed by atoms with Crippen LogP contribution in [0.25, 0.3) is 0 Å². The third-order valence-corrected chi connectivity index (χ3v) is 5.61. The molecule has 1 aliphatic rings. The minimum absolute atomic E-state index is 0.0294. The Kier molecular flexibility index (Phi) is 6.69. The van der Waals surface area contributed by atoms with E-state index in [4.69, 9.17) is 9.47 Å². The minimum atomic E-state index is -5.63. The molecule has 2 aromatic carbocycles. The number of esters is 1. The van der Waals surface area contributed by atoms with E-state index in [1.807, 2.05) is 0 Å². The van der Waals surface area contributed by atoms with E-state index in [9.17, 15) is 36.4 Å². The highest BCUT2D eigenvalue weighted by molar-refractivity contribution is 5.79. The van der Waals surface area contributed by atoms with Crippen molar-refractivity contribution in [2.75, 3.05) is 0 Å². The molecule has 1 aliphatic carbocycles. The lowest BCUT2D eigenvalue weighted by Crippen LogP contribution is -2.26. The van der Waals surface area contributed by atoms with E-state index in [1.165, 1.54) is 26.0 Å². The standard InChI is InChI=1S/C24H19F6NO3/c1-22(2)17(12-19(23(25,26)27)24(28,29)30)20(22)21(32)34-18(13-31)14-7-6-10-16(11-14)33-15-8-4-3-5-9-15/h3-12,17-18,20H,1-2H3/t17-,18?,20+/m0/s1. The zero-order valence-electron chi connectivity index (χ0n) is 17.9. The summed E-state index contributed by atoms with van der Waals surface area (Å²) in [6, 6.07) is 16.6. The average molecular weight is 483 g/mol. The van der Waals surface area contributed by atoms with Crippen LogP contribution in [-0.4, -0.2) is 18.3 Å². The smallest absolute Gasteiger partial charge is 0.421 e. The number of alkyl halides is 6. The fraction of sp³-hybridized carbons (Fsp3) is 0.333. The van der Waals surface area contributed by atoms with Crippen molar-refractivity contribution in [2.24, 2.45) is 17.3 Å². The normalized spacial score (nSPS) is 20.0. The molecule has 1 saturated carbocycles. The van der Waals surface area contributed by atoms with Gasteiger partial charge in [-0.15, -0.1) is 0 Å². The van der Waals surface area contributed by atoms with Gasteiger partial charge in [0.25, 0.3) is 0 Å². The lowest BCUT2D eigenvalue weighted by atomic mass is 10.1. The molecule has 1 unspecified atom stereocenters. The second-order valence-corrected chi connectivity index (χ2v) is 8.33. The lowest BCUT2D eigenvalue weighted by Gasteiger charge is -2.15. The molecule has 0 saturated heterocycles. The zero-order chi connectivity index (χ0) is 25.3. The summed E-state index contributed by atoms with van der Waals surface area (Å²) in [6.07, 6.45) is -12.7. The Balaban J connectivity index is 1.77. The topological polar surface area (TPSA) is 59.3 Å². The molecule has 0 spiro atoms. The molecule has 0 aromatic heterocycles. The number of halogens is 6. The molecule has 0 amide bonds. The summed E-state index contributed by atoms with van der Waals surface area (Å²) >= 11 is 0. The van der Waals surface area contributed by atoms with Crippen LogP contribution in [-0.2, 0) is 9.53 Å². The fourth-order valence-corrected chi connectivity index (χ4v) is 3.69. The number of hydrogen-bond acceptors (Lipinski definition) is 4. The molecule has 1 fully saturated rings. The molecule has 2 aromatic rings. The largest absolute Gasteiger partial charge is 0.457 e. The lowest BCUT2D eigenvalue weighted by molar-refractivity contribution is -0.172. The van der Waals surface area contributed by atoms with Crippen molar-refractivity contribution in [2.45, 2.75) is 32.3 Å². The number of nitriles is 1. The van der Waals surface area contributed by atoms with E-state index in [0.717, 1.165) is 0 Å². The first-order valence-electron chi connectivity index (χ1n) is 10.0. The summed E-state index contributed by atoms with van der Waals surface area (Å²) < 4.78 is 88.3. The second-order valence-electron chi connectivity index (χ2n) is 8.33. The van der Waals surface area contributed by atoms with Gasteiger partial charge in [0.1, 0.15) is 23.1 Å². The van der Waals surface area contributed by atoms with Crippen molar-refractivity contribution in [3.63, 3.8) is 0 Å². The number of benzene rings is 2. The maximum Gasteiger partial charge on any atom is 0.421 e. The predicted octanol–water partition coefficient (Wildman–Crippen LogP) is 6.91. The Morgan fingerprint density at radius 1 is 1.00 bits per heavy atom. The van der Waals surface area contributed by atoms with Crippen molar-refractivity contribution in [1.82, 2.24) is 0 Å². The number of carbonyl (C=O) groups excluding carboxylic acids is 1. The highest BCUT2D eigenvalue weighted by atomic mass is 19.4. The Bertz CT molecular complexity index is 1100. The molecule has 10 heteroatoms. The number of ether oxygens (including phenoxy) is 2. The van der Waals surface area contributed by atoms with Crippen LogP contribution in [0.3, 0.4) is 0 Å². The summed E-state index contributed by atoms with van der Waals surface area (Å²) in [5, 5.41) is 9.49. The van der Waals surface area contributed by atoms with Crippen LogP contribution in [0.1, 0.15) is 25.5 Å². The van der Waals surface area contributed by atoms with Gasteiger partial charge >= 0.3 is 18.3 Å².